The van der Waals surface area contributed by atoms with E-state index in [0.717, 1.165) is 44.9 Å². The van der Waals surface area contributed by atoms with E-state index in [4.69, 9.17) is 4.74 Å². The molecule has 0 N–H and O–H groups in total. The first kappa shape index (κ1) is 30.2. The van der Waals surface area contributed by atoms with E-state index in [9.17, 15) is 13.2 Å². The zero-order valence-corrected chi connectivity index (χ0v) is 22.5. The predicted molar refractivity (Wildman–Crippen MR) is 144 cm³/mol. The Morgan fingerprint density at radius 1 is 0.711 bits per heavy atom. The van der Waals surface area contributed by atoms with Crippen LogP contribution in [0.4, 0.5) is 22.0 Å². The summed E-state index contributed by atoms with van der Waals surface area (Å²) in [7, 11) is 0. The number of hydrogen-bond donors (Lipinski definition) is 0. The fourth-order valence-corrected chi connectivity index (χ4v) is 5.42. The van der Waals surface area contributed by atoms with Gasteiger partial charge in [-0.05, 0) is 81.4 Å². The first-order valence-electron chi connectivity index (χ1n) is 14.3. The molecule has 0 aliphatic heterocycles. The lowest BCUT2D eigenvalue weighted by atomic mass is 9.78. The predicted octanol–water partition coefficient (Wildman–Crippen LogP) is 10.6. The summed E-state index contributed by atoms with van der Waals surface area (Å²) in [5, 5.41) is 0. The Morgan fingerprint density at radius 2 is 1.29 bits per heavy atom. The van der Waals surface area contributed by atoms with Crippen LogP contribution < -0.4 is 4.74 Å². The second kappa shape index (κ2) is 15.9. The van der Waals surface area contributed by atoms with Gasteiger partial charge in [-0.15, -0.1) is 0 Å². The first-order valence-corrected chi connectivity index (χ1v) is 14.3. The largest absolute Gasteiger partial charge is 0.491 e. The number of alkyl halides is 1. The van der Waals surface area contributed by atoms with Gasteiger partial charge in [0.15, 0.2) is 23.2 Å². The standard InChI is InChI=1S/C32H41F5O/c1-2-38-28-21-20-27(31(36)32(28)37)26-19-18-25(29(34)30(26)35)24-16-14-23(15-17-24)13-11-9-7-5-3-4-6-8-10-12-22-33/h11,13,18-21,23-24H,2-10,12,14-17,22H2,1H3/b13-11-. The molecule has 0 atom stereocenters. The summed E-state index contributed by atoms with van der Waals surface area (Å²) in [5.41, 5.74) is -0.305. The third kappa shape index (κ3) is 8.31. The molecule has 1 fully saturated rings. The van der Waals surface area contributed by atoms with Crippen LogP contribution in [0.5, 0.6) is 5.75 Å². The summed E-state index contributed by atoms with van der Waals surface area (Å²) >= 11 is 0. The Kier molecular flexibility index (Phi) is 12.6. The van der Waals surface area contributed by atoms with Crippen LogP contribution in [0.3, 0.4) is 0 Å². The summed E-state index contributed by atoms with van der Waals surface area (Å²) in [6.45, 7) is 1.61. The van der Waals surface area contributed by atoms with Crippen molar-refractivity contribution in [2.24, 2.45) is 5.92 Å². The van der Waals surface area contributed by atoms with E-state index in [0.29, 0.717) is 17.9 Å². The van der Waals surface area contributed by atoms with Gasteiger partial charge in [-0.1, -0.05) is 62.8 Å². The van der Waals surface area contributed by atoms with Crippen molar-refractivity contribution < 1.29 is 26.7 Å². The second-order valence-electron chi connectivity index (χ2n) is 10.3. The van der Waals surface area contributed by atoms with E-state index in [-0.39, 0.29) is 36.1 Å². The van der Waals surface area contributed by atoms with Gasteiger partial charge in [-0.3, -0.25) is 4.39 Å². The molecule has 1 saturated carbocycles. The van der Waals surface area contributed by atoms with Crippen LogP contribution in [-0.4, -0.2) is 13.3 Å². The second-order valence-corrected chi connectivity index (χ2v) is 10.3. The number of halogens is 5. The van der Waals surface area contributed by atoms with Gasteiger partial charge in [0.2, 0.25) is 5.82 Å². The lowest BCUT2D eigenvalue weighted by Gasteiger charge is -2.27. The molecule has 1 aliphatic rings. The van der Waals surface area contributed by atoms with Gasteiger partial charge in [-0.2, -0.15) is 4.39 Å². The van der Waals surface area contributed by atoms with Gasteiger partial charge in [0.1, 0.15) is 0 Å². The molecule has 0 aromatic heterocycles. The maximum Gasteiger partial charge on any atom is 0.201 e. The number of hydrogen-bond acceptors (Lipinski definition) is 1. The highest BCUT2D eigenvalue weighted by atomic mass is 19.2. The summed E-state index contributed by atoms with van der Waals surface area (Å²) in [6.07, 6.45) is 17.8. The number of ether oxygens (including phenoxy) is 1. The highest BCUT2D eigenvalue weighted by Crippen LogP contribution is 2.40. The maximum atomic E-state index is 15.1. The third-order valence-corrected chi connectivity index (χ3v) is 7.62. The summed E-state index contributed by atoms with van der Waals surface area (Å²) in [4.78, 5) is 0. The van der Waals surface area contributed by atoms with E-state index in [1.165, 1.54) is 56.4 Å². The average molecular weight is 537 g/mol. The number of benzene rings is 2. The Bertz CT molecular complexity index is 1030. The van der Waals surface area contributed by atoms with Crippen molar-refractivity contribution >= 4 is 0 Å². The summed E-state index contributed by atoms with van der Waals surface area (Å²) in [6, 6.07) is 5.32. The zero-order chi connectivity index (χ0) is 27.3. The molecule has 1 nitrogen and oxygen atoms in total. The number of allylic oxidation sites excluding steroid dienone is 2. The van der Waals surface area contributed by atoms with Gasteiger partial charge in [0.25, 0.3) is 0 Å². The molecule has 6 heteroatoms. The Balaban J connectivity index is 1.47. The molecule has 2 aromatic rings. The average Bonchev–Trinajstić information content (AvgIpc) is 2.92. The van der Waals surface area contributed by atoms with Crippen molar-refractivity contribution in [1.29, 1.82) is 0 Å². The van der Waals surface area contributed by atoms with Crippen LogP contribution in [0.1, 0.15) is 102 Å². The smallest absolute Gasteiger partial charge is 0.201 e. The van der Waals surface area contributed by atoms with E-state index >= 15 is 8.78 Å². The van der Waals surface area contributed by atoms with Crippen molar-refractivity contribution in [3.05, 3.63) is 65.2 Å². The molecule has 0 unspecified atom stereocenters. The van der Waals surface area contributed by atoms with Gasteiger partial charge in [0, 0.05) is 11.1 Å². The lowest BCUT2D eigenvalue weighted by molar-refractivity contribution is 0.314. The summed E-state index contributed by atoms with van der Waals surface area (Å²) < 4.78 is 76.0. The monoisotopic (exact) mass is 536 g/mol. The Morgan fingerprint density at radius 3 is 1.92 bits per heavy atom. The molecule has 0 saturated heterocycles. The van der Waals surface area contributed by atoms with Crippen LogP contribution in [0.25, 0.3) is 11.1 Å². The molecule has 1 aliphatic carbocycles. The normalized spacial score (nSPS) is 17.8. The van der Waals surface area contributed by atoms with E-state index < -0.39 is 23.3 Å². The molecular weight excluding hydrogens is 495 g/mol. The van der Waals surface area contributed by atoms with Crippen molar-refractivity contribution in [1.82, 2.24) is 0 Å². The zero-order valence-electron chi connectivity index (χ0n) is 22.5. The fourth-order valence-electron chi connectivity index (χ4n) is 5.42. The molecule has 3 rings (SSSR count). The van der Waals surface area contributed by atoms with Crippen molar-refractivity contribution in [3.63, 3.8) is 0 Å². The summed E-state index contributed by atoms with van der Waals surface area (Å²) in [5.74, 6) is -4.47. The Labute approximate surface area is 224 Å². The molecule has 0 radical (unpaired) electrons. The Hall–Kier alpha value is -2.37. The first-order chi connectivity index (χ1) is 18.5. The van der Waals surface area contributed by atoms with E-state index in [1.54, 1.807) is 6.92 Å². The minimum Gasteiger partial charge on any atom is -0.491 e. The molecule has 210 valence electrons. The van der Waals surface area contributed by atoms with Crippen LogP contribution in [-0.2, 0) is 0 Å². The van der Waals surface area contributed by atoms with Crippen LogP contribution >= 0.6 is 0 Å². The molecule has 0 spiro atoms. The molecule has 0 bridgehead atoms. The molecule has 2 aromatic carbocycles. The SMILES string of the molecule is CCOc1ccc(-c2ccc(C3CCC(/C=C\CCCCCCCCCCF)CC3)c(F)c2F)c(F)c1F. The maximum absolute atomic E-state index is 15.1. The fraction of sp³-hybridized carbons (Fsp3) is 0.562. The van der Waals surface area contributed by atoms with Gasteiger partial charge < -0.3 is 4.74 Å². The van der Waals surface area contributed by atoms with Gasteiger partial charge in [-0.25, -0.2) is 13.2 Å². The minimum atomic E-state index is -1.25. The van der Waals surface area contributed by atoms with Gasteiger partial charge in [0.05, 0.1) is 13.3 Å². The molecule has 38 heavy (non-hydrogen) atoms. The van der Waals surface area contributed by atoms with E-state index in [2.05, 4.69) is 12.2 Å². The van der Waals surface area contributed by atoms with Crippen molar-refractivity contribution in [3.8, 4) is 16.9 Å². The third-order valence-electron chi connectivity index (χ3n) is 7.62. The van der Waals surface area contributed by atoms with Crippen molar-refractivity contribution in [2.75, 3.05) is 13.3 Å². The molecule has 0 amide bonds. The molecule has 0 heterocycles. The van der Waals surface area contributed by atoms with Crippen LogP contribution in [0, 0.1) is 29.2 Å². The highest BCUT2D eigenvalue weighted by Gasteiger charge is 2.27. The highest BCUT2D eigenvalue weighted by molar-refractivity contribution is 5.66. The van der Waals surface area contributed by atoms with Crippen LogP contribution in [0.15, 0.2) is 36.4 Å². The topological polar surface area (TPSA) is 9.23 Å². The molecular formula is C32H41F5O. The number of unbranched alkanes of at least 4 members (excludes halogenated alkanes) is 8. The minimum absolute atomic E-state index is 0.0879. The number of rotatable bonds is 15. The quantitative estimate of drug-likeness (QED) is 0.125. The van der Waals surface area contributed by atoms with Crippen molar-refractivity contribution in [2.45, 2.75) is 96.3 Å². The van der Waals surface area contributed by atoms with Gasteiger partial charge >= 0.3 is 0 Å². The van der Waals surface area contributed by atoms with Crippen LogP contribution in [0.2, 0.25) is 0 Å². The lowest BCUT2D eigenvalue weighted by Crippen LogP contribution is -2.14. The van der Waals surface area contributed by atoms with E-state index in [1.807, 2.05) is 0 Å².